The van der Waals surface area contributed by atoms with Crippen molar-refractivity contribution in [1.29, 1.82) is 0 Å². The molecule has 17 heavy (non-hydrogen) atoms. The van der Waals surface area contributed by atoms with Crippen LogP contribution < -0.4 is 0 Å². The van der Waals surface area contributed by atoms with Gasteiger partial charge in [0.2, 0.25) is 0 Å². The number of aldehydes is 1. The molecule has 2 aromatic carbocycles. The third kappa shape index (κ3) is 2.23. The van der Waals surface area contributed by atoms with Gasteiger partial charge in [-0.15, -0.1) is 0 Å². The van der Waals surface area contributed by atoms with Gasteiger partial charge in [-0.25, -0.2) is 8.78 Å². The molecule has 1 nitrogen and oxygen atoms in total. The van der Waals surface area contributed by atoms with E-state index < -0.39 is 11.6 Å². The molecular weight excluding hydrogens is 222 g/mol. The molecule has 86 valence electrons. The molecule has 0 saturated carbocycles. The first-order valence-corrected chi connectivity index (χ1v) is 5.13. The van der Waals surface area contributed by atoms with E-state index in [1.807, 2.05) is 0 Å². The number of hydrogen-bond acceptors (Lipinski definition) is 1. The number of aryl methyl sites for hydroxylation is 1. The molecular formula is C14H10F2O. The lowest BCUT2D eigenvalue weighted by Gasteiger charge is -2.06. The van der Waals surface area contributed by atoms with E-state index in [1.54, 1.807) is 13.0 Å². The van der Waals surface area contributed by atoms with Crippen molar-refractivity contribution in [3.63, 3.8) is 0 Å². The highest BCUT2D eigenvalue weighted by atomic mass is 19.1. The summed E-state index contributed by atoms with van der Waals surface area (Å²) in [6, 6.07) is 8.57. The monoisotopic (exact) mass is 232 g/mol. The van der Waals surface area contributed by atoms with Crippen molar-refractivity contribution in [1.82, 2.24) is 0 Å². The van der Waals surface area contributed by atoms with Gasteiger partial charge in [-0.2, -0.15) is 0 Å². The second-order valence-corrected chi connectivity index (χ2v) is 3.84. The Morgan fingerprint density at radius 2 is 1.53 bits per heavy atom. The molecule has 0 heterocycles. The predicted molar refractivity (Wildman–Crippen MR) is 61.9 cm³/mol. The van der Waals surface area contributed by atoms with Crippen LogP contribution in [0.3, 0.4) is 0 Å². The van der Waals surface area contributed by atoms with E-state index in [9.17, 15) is 13.6 Å². The summed E-state index contributed by atoms with van der Waals surface area (Å²) in [5.74, 6) is -1.07. The van der Waals surface area contributed by atoms with Crippen LogP contribution in [0.2, 0.25) is 0 Å². The van der Waals surface area contributed by atoms with Crippen molar-refractivity contribution >= 4 is 6.29 Å². The van der Waals surface area contributed by atoms with Gasteiger partial charge in [0.15, 0.2) is 0 Å². The molecule has 0 aliphatic rings. The van der Waals surface area contributed by atoms with E-state index in [0.717, 1.165) is 11.6 Å². The molecule has 0 saturated heterocycles. The highest BCUT2D eigenvalue weighted by Crippen LogP contribution is 2.26. The third-order valence-corrected chi connectivity index (χ3v) is 2.54. The van der Waals surface area contributed by atoms with Crippen molar-refractivity contribution < 1.29 is 13.6 Å². The minimum Gasteiger partial charge on any atom is -0.298 e. The van der Waals surface area contributed by atoms with Crippen molar-refractivity contribution in [3.05, 3.63) is 59.2 Å². The van der Waals surface area contributed by atoms with E-state index in [4.69, 9.17) is 0 Å². The SMILES string of the molecule is Cc1ccc(-c2ccc(C=O)cc2F)c(F)c1. The van der Waals surface area contributed by atoms with Gasteiger partial charge in [-0.3, -0.25) is 4.79 Å². The molecule has 0 atom stereocenters. The van der Waals surface area contributed by atoms with E-state index in [0.29, 0.717) is 6.29 Å². The van der Waals surface area contributed by atoms with Gasteiger partial charge in [0, 0.05) is 16.7 Å². The standard InChI is InChI=1S/C14H10F2O/c1-9-2-4-11(13(15)6-9)12-5-3-10(8-17)7-14(12)16/h2-8H,1H3. The van der Waals surface area contributed by atoms with Crippen molar-refractivity contribution in [3.8, 4) is 11.1 Å². The highest BCUT2D eigenvalue weighted by molar-refractivity contribution is 5.77. The summed E-state index contributed by atoms with van der Waals surface area (Å²) >= 11 is 0. The van der Waals surface area contributed by atoms with Crippen LogP contribution >= 0.6 is 0 Å². The normalized spacial score (nSPS) is 10.3. The lowest BCUT2D eigenvalue weighted by Crippen LogP contribution is -1.91. The average Bonchev–Trinajstić information content (AvgIpc) is 2.30. The minimum absolute atomic E-state index is 0.160. The molecule has 3 heteroatoms. The number of carbonyl (C=O) groups excluding carboxylic acids is 1. The first kappa shape index (κ1) is 11.5. The Bertz CT molecular complexity index is 576. The molecule has 0 unspecified atom stereocenters. The fourth-order valence-electron chi connectivity index (χ4n) is 1.66. The van der Waals surface area contributed by atoms with Crippen LogP contribution in [-0.4, -0.2) is 6.29 Å². The summed E-state index contributed by atoms with van der Waals surface area (Å²) in [5.41, 5.74) is 1.37. The van der Waals surface area contributed by atoms with Gasteiger partial charge < -0.3 is 0 Å². The van der Waals surface area contributed by atoms with Crippen LogP contribution in [-0.2, 0) is 0 Å². The second-order valence-electron chi connectivity index (χ2n) is 3.84. The van der Waals surface area contributed by atoms with Crippen molar-refractivity contribution in [2.45, 2.75) is 6.92 Å². The van der Waals surface area contributed by atoms with E-state index in [-0.39, 0.29) is 16.7 Å². The van der Waals surface area contributed by atoms with Gasteiger partial charge >= 0.3 is 0 Å². The molecule has 0 aliphatic heterocycles. The molecule has 0 N–H and O–H groups in total. The molecule has 2 aromatic rings. The largest absolute Gasteiger partial charge is 0.298 e. The summed E-state index contributed by atoms with van der Waals surface area (Å²) in [7, 11) is 0. The topological polar surface area (TPSA) is 17.1 Å². The Morgan fingerprint density at radius 1 is 0.941 bits per heavy atom. The predicted octanol–water partition coefficient (Wildman–Crippen LogP) is 3.75. The van der Waals surface area contributed by atoms with Gasteiger partial charge in [-0.1, -0.05) is 24.3 Å². The maximum atomic E-state index is 13.7. The summed E-state index contributed by atoms with van der Waals surface area (Å²) in [5, 5.41) is 0. The van der Waals surface area contributed by atoms with Gasteiger partial charge in [-0.05, 0) is 24.6 Å². The van der Waals surface area contributed by atoms with Crippen molar-refractivity contribution in [2.75, 3.05) is 0 Å². The highest BCUT2D eigenvalue weighted by Gasteiger charge is 2.10. The van der Waals surface area contributed by atoms with Crippen LogP contribution in [0, 0.1) is 18.6 Å². The molecule has 0 spiro atoms. The Morgan fingerprint density at radius 3 is 2.06 bits per heavy atom. The Kier molecular flexibility index (Phi) is 3.00. The van der Waals surface area contributed by atoms with Crippen LogP contribution in [0.4, 0.5) is 8.78 Å². The fourth-order valence-corrected chi connectivity index (χ4v) is 1.66. The zero-order valence-electron chi connectivity index (χ0n) is 9.21. The van der Waals surface area contributed by atoms with Crippen LogP contribution in [0.1, 0.15) is 15.9 Å². The molecule has 0 bridgehead atoms. The average molecular weight is 232 g/mol. The quantitative estimate of drug-likeness (QED) is 0.720. The van der Waals surface area contributed by atoms with Crippen LogP contribution in [0.25, 0.3) is 11.1 Å². The Hall–Kier alpha value is -2.03. The lowest BCUT2D eigenvalue weighted by atomic mass is 10.0. The van der Waals surface area contributed by atoms with Gasteiger partial charge in [0.25, 0.3) is 0 Å². The molecule has 0 aromatic heterocycles. The molecule has 2 rings (SSSR count). The van der Waals surface area contributed by atoms with Crippen LogP contribution in [0.15, 0.2) is 36.4 Å². The molecule has 0 aliphatic carbocycles. The summed E-state index contributed by atoms with van der Waals surface area (Å²) < 4.78 is 27.3. The minimum atomic E-state index is -0.600. The smallest absolute Gasteiger partial charge is 0.150 e. The fraction of sp³-hybridized carbons (Fsp3) is 0.0714. The van der Waals surface area contributed by atoms with E-state index >= 15 is 0 Å². The Labute approximate surface area is 97.7 Å². The first-order chi connectivity index (χ1) is 8.11. The molecule has 0 fully saturated rings. The Balaban J connectivity index is 2.56. The van der Waals surface area contributed by atoms with Gasteiger partial charge in [0.1, 0.15) is 17.9 Å². The number of carbonyl (C=O) groups is 1. The van der Waals surface area contributed by atoms with E-state index in [1.165, 1.54) is 24.3 Å². The molecule has 0 amide bonds. The maximum absolute atomic E-state index is 13.7. The zero-order valence-corrected chi connectivity index (χ0v) is 9.21. The zero-order chi connectivity index (χ0) is 12.4. The van der Waals surface area contributed by atoms with E-state index in [2.05, 4.69) is 0 Å². The van der Waals surface area contributed by atoms with Gasteiger partial charge in [0.05, 0.1) is 0 Å². The number of rotatable bonds is 2. The summed E-state index contributed by atoms with van der Waals surface area (Å²) in [6.45, 7) is 1.76. The van der Waals surface area contributed by atoms with Crippen LogP contribution in [0.5, 0.6) is 0 Å². The maximum Gasteiger partial charge on any atom is 0.150 e. The number of hydrogen-bond donors (Lipinski definition) is 0. The first-order valence-electron chi connectivity index (χ1n) is 5.13. The summed E-state index contributed by atoms with van der Waals surface area (Å²) in [4.78, 5) is 10.5. The summed E-state index contributed by atoms with van der Waals surface area (Å²) in [6.07, 6.45) is 0.554. The number of halogens is 2. The lowest BCUT2D eigenvalue weighted by molar-refractivity contribution is 0.112. The third-order valence-electron chi connectivity index (χ3n) is 2.54. The molecule has 0 radical (unpaired) electrons. The number of benzene rings is 2. The second kappa shape index (κ2) is 4.45. The van der Waals surface area contributed by atoms with Crippen molar-refractivity contribution in [2.24, 2.45) is 0 Å².